The number of hydrogen-bond acceptors (Lipinski definition) is 1. The fourth-order valence-corrected chi connectivity index (χ4v) is 1.70. The summed E-state index contributed by atoms with van der Waals surface area (Å²) in [6.07, 6.45) is 1.65. The SMILES string of the molecule is Cc1ccnc2c(F)cc(C(C)C)cc12. The van der Waals surface area contributed by atoms with Crippen LogP contribution in [0, 0.1) is 12.7 Å². The highest BCUT2D eigenvalue weighted by atomic mass is 19.1. The Kier molecular flexibility index (Phi) is 2.43. The molecule has 0 aliphatic carbocycles. The van der Waals surface area contributed by atoms with Crippen LogP contribution >= 0.6 is 0 Å². The van der Waals surface area contributed by atoms with Gasteiger partial charge in [-0.15, -0.1) is 0 Å². The summed E-state index contributed by atoms with van der Waals surface area (Å²) in [5.41, 5.74) is 2.57. The smallest absolute Gasteiger partial charge is 0.149 e. The van der Waals surface area contributed by atoms with Gasteiger partial charge in [-0.25, -0.2) is 4.39 Å². The lowest BCUT2D eigenvalue weighted by Crippen LogP contribution is -1.93. The minimum atomic E-state index is -0.222. The van der Waals surface area contributed by atoms with Gasteiger partial charge < -0.3 is 0 Å². The van der Waals surface area contributed by atoms with E-state index >= 15 is 0 Å². The van der Waals surface area contributed by atoms with Crippen molar-refractivity contribution >= 4 is 10.9 Å². The van der Waals surface area contributed by atoms with Crippen molar-refractivity contribution in [2.24, 2.45) is 0 Å². The summed E-state index contributed by atoms with van der Waals surface area (Å²) in [6, 6.07) is 5.52. The number of aromatic nitrogens is 1. The molecule has 0 fully saturated rings. The third-order valence-corrected chi connectivity index (χ3v) is 2.71. The van der Waals surface area contributed by atoms with Gasteiger partial charge in [0.15, 0.2) is 0 Å². The summed E-state index contributed by atoms with van der Waals surface area (Å²) < 4.78 is 13.7. The third-order valence-electron chi connectivity index (χ3n) is 2.71. The Morgan fingerprint density at radius 1 is 1.27 bits per heavy atom. The summed E-state index contributed by atoms with van der Waals surface area (Å²) in [5, 5.41) is 0.918. The molecule has 0 atom stereocenters. The van der Waals surface area contributed by atoms with Crippen molar-refractivity contribution in [3.05, 3.63) is 41.3 Å². The molecule has 0 aliphatic rings. The third kappa shape index (κ3) is 1.72. The highest BCUT2D eigenvalue weighted by molar-refractivity contribution is 5.83. The minimum absolute atomic E-state index is 0.222. The minimum Gasteiger partial charge on any atom is -0.253 e. The van der Waals surface area contributed by atoms with E-state index in [0.717, 1.165) is 16.5 Å². The molecule has 78 valence electrons. The van der Waals surface area contributed by atoms with E-state index in [0.29, 0.717) is 11.4 Å². The van der Waals surface area contributed by atoms with Crippen LogP contribution in [0.5, 0.6) is 0 Å². The number of nitrogens with zero attached hydrogens (tertiary/aromatic N) is 1. The summed E-state index contributed by atoms with van der Waals surface area (Å²) in [6.45, 7) is 6.10. The maximum atomic E-state index is 13.7. The monoisotopic (exact) mass is 203 g/mol. The van der Waals surface area contributed by atoms with Crippen LogP contribution in [-0.4, -0.2) is 4.98 Å². The molecule has 1 heterocycles. The normalized spacial score (nSPS) is 11.3. The van der Waals surface area contributed by atoms with E-state index in [1.54, 1.807) is 12.3 Å². The molecule has 0 bridgehead atoms. The maximum absolute atomic E-state index is 13.7. The summed E-state index contributed by atoms with van der Waals surface area (Å²) in [4.78, 5) is 4.07. The first-order valence-corrected chi connectivity index (χ1v) is 5.14. The summed E-state index contributed by atoms with van der Waals surface area (Å²) >= 11 is 0. The highest BCUT2D eigenvalue weighted by Crippen LogP contribution is 2.24. The predicted molar refractivity (Wildman–Crippen MR) is 60.5 cm³/mol. The van der Waals surface area contributed by atoms with Crippen molar-refractivity contribution in [3.63, 3.8) is 0 Å². The number of aryl methyl sites for hydroxylation is 1. The Bertz CT molecular complexity index is 503. The molecule has 0 saturated carbocycles. The van der Waals surface area contributed by atoms with Gasteiger partial charge in [0, 0.05) is 11.6 Å². The second-order valence-electron chi connectivity index (χ2n) is 4.18. The van der Waals surface area contributed by atoms with Gasteiger partial charge in [-0.1, -0.05) is 13.8 Å². The molecule has 2 aromatic rings. The fourth-order valence-electron chi connectivity index (χ4n) is 1.70. The number of halogens is 1. The van der Waals surface area contributed by atoms with Crippen molar-refractivity contribution in [3.8, 4) is 0 Å². The second-order valence-corrected chi connectivity index (χ2v) is 4.18. The van der Waals surface area contributed by atoms with Crippen molar-refractivity contribution in [2.75, 3.05) is 0 Å². The van der Waals surface area contributed by atoms with Gasteiger partial charge in [-0.2, -0.15) is 0 Å². The van der Waals surface area contributed by atoms with Gasteiger partial charge >= 0.3 is 0 Å². The van der Waals surface area contributed by atoms with Gasteiger partial charge in [-0.05, 0) is 42.2 Å². The average Bonchev–Trinajstić information content (AvgIpc) is 2.19. The molecule has 0 saturated heterocycles. The van der Waals surface area contributed by atoms with Crippen LogP contribution in [0.4, 0.5) is 4.39 Å². The standard InChI is InChI=1S/C13H14FN/c1-8(2)10-6-11-9(3)4-5-15-13(11)12(14)7-10/h4-8H,1-3H3. The molecular formula is C13H14FN. The molecule has 2 rings (SSSR count). The molecule has 0 N–H and O–H groups in total. The molecule has 2 heteroatoms. The van der Waals surface area contributed by atoms with Crippen LogP contribution in [0.3, 0.4) is 0 Å². The van der Waals surface area contributed by atoms with E-state index in [1.807, 2.05) is 19.1 Å². The maximum Gasteiger partial charge on any atom is 0.149 e. The van der Waals surface area contributed by atoms with Gasteiger partial charge in [0.25, 0.3) is 0 Å². The van der Waals surface area contributed by atoms with Crippen LogP contribution in [0.2, 0.25) is 0 Å². The first-order valence-electron chi connectivity index (χ1n) is 5.14. The molecular weight excluding hydrogens is 189 g/mol. The lowest BCUT2D eigenvalue weighted by atomic mass is 9.99. The average molecular weight is 203 g/mol. The Hall–Kier alpha value is -1.44. The molecule has 1 aromatic heterocycles. The van der Waals surface area contributed by atoms with E-state index in [2.05, 4.69) is 18.8 Å². The van der Waals surface area contributed by atoms with Crippen molar-refractivity contribution in [1.29, 1.82) is 0 Å². The number of fused-ring (bicyclic) bond motifs is 1. The highest BCUT2D eigenvalue weighted by Gasteiger charge is 2.08. The number of hydrogen-bond donors (Lipinski definition) is 0. The largest absolute Gasteiger partial charge is 0.253 e. The number of pyridine rings is 1. The molecule has 1 nitrogen and oxygen atoms in total. The van der Waals surface area contributed by atoms with Crippen molar-refractivity contribution < 1.29 is 4.39 Å². The van der Waals surface area contributed by atoms with Gasteiger partial charge in [0.05, 0.1) is 0 Å². The topological polar surface area (TPSA) is 12.9 Å². The molecule has 1 aromatic carbocycles. The molecule has 0 unspecified atom stereocenters. The van der Waals surface area contributed by atoms with Crippen LogP contribution in [0.15, 0.2) is 24.4 Å². The van der Waals surface area contributed by atoms with E-state index in [1.165, 1.54) is 0 Å². The van der Waals surface area contributed by atoms with Gasteiger partial charge in [0.1, 0.15) is 11.3 Å². The predicted octanol–water partition coefficient (Wildman–Crippen LogP) is 3.81. The zero-order chi connectivity index (χ0) is 11.0. The Morgan fingerprint density at radius 2 is 2.00 bits per heavy atom. The van der Waals surface area contributed by atoms with Gasteiger partial charge in [-0.3, -0.25) is 4.98 Å². The zero-order valence-electron chi connectivity index (χ0n) is 9.21. The zero-order valence-corrected chi connectivity index (χ0v) is 9.21. The number of rotatable bonds is 1. The van der Waals surface area contributed by atoms with E-state index < -0.39 is 0 Å². The fraction of sp³-hybridized carbons (Fsp3) is 0.308. The Balaban J connectivity index is 2.80. The summed E-state index contributed by atoms with van der Waals surface area (Å²) in [5.74, 6) is 0.114. The number of benzene rings is 1. The van der Waals surface area contributed by atoms with E-state index in [-0.39, 0.29) is 5.82 Å². The molecule has 0 amide bonds. The first-order chi connectivity index (χ1) is 7.09. The first kappa shape index (κ1) is 10.1. The van der Waals surface area contributed by atoms with E-state index in [4.69, 9.17) is 0 Å². The molecule has 0 spiro atoms. The van der Waals surface area contributed by atoms with Crippen LogP contribution in [0.1, 0.15) is 30.9 Å². The molecule has 0 aliphatic heterocycles. The van der Waals surface area contributed by atoms with Crippen LogP contribution in [-0.2, 0) is 0 Å². The van der Waals surface area contributed by atoms with Crippen LogP contribution in [0.25, 0.3) is 10.9 Å². The summed E-state index contributed by atoms with van der Waals surface area (Å²) in [7, 11) is 0. The quantitative estimate of drug-likeness (QED) is 0.686. The molecule has 15 heavy (non-hydrogen) atoms. The Morgan fingerprint density at radius 3 is 2.67 bits per heavy atom. The lowest BCUT2D eigenvalue weighted by Gasteiger charge is -2.09. The van der Waals surface area contributed by atoms with Crippen LogP contribution < -0.4 is 0 Å². The lowest BCUT2D eigenvalue weighted by molar-refractivity contribution is 0.632. The molecule has 0 radical (unpaired) electrons. The van der Waals surface area contributed by atoms with Crippen molar-refractivity contribution in [1.82, 2.24) is 4.98 Å². The van der Waals surface area contributed by atoms with Gasteiger partial charge in [0.2, 0.25) is 0 Å². The van der Waals surface area contributed by atoms with Crippen molar-refractivity contribution in [2.45, 2.75) is 26.7 Å². The Labute approximate surface area is 89.0 Å². The second kappa shape index (κ2) is 3.61. The van der Waals surface area contributed by atoms with E-state index in [9.17, 15) is 4.39 Å².